The summed E-state index contributed by atoms with van der Waals surface area (Å²) in [6.07, 6.45) is 3.26. The fourth-order valence-corrected chi connectivity index (χ4v) is 1.85. The number of carbonyl (C=O) groups excluding carboxylic acids is 1. The molecule has 0 aliphatic heterocycles. The Morgan fingerprint density at radius 2 is 2.06 bits per heavy atom. The third-order valence-electron chi connectivity index (χ3n) is 2.80. The van der Waals surface area contributed by atoms with E-state index in [1.54, 1.807) is 24.1 Å². The summed E-state index contributed by atoms with van der Waals surface area (Å²) in [4.78, 5) is 12.0. The average Bonchev–Trinajstić information content (AvgIpc) is 2.76. The number of benzene rings is 1. The van der Waals surface area contributed by atoms with Gasteiger partial charge in [-0.1, -0.05) is 32.0 Å². The minimum absolute atomic E-state index is 0.129. The van der Waals surface area contributed by atoms with Gasteiger partial charge in [-0.2, -0.15) is 5.10 Å². The van der Waals surface area contributed by atoms with Gasteiger partial charge in [0.05, 0.1) is 11.8 Å². The molecule has 4 heteroatoms. The molecule has 2 aromatic rings. The van der Waals surface area contributed by atoms with Crippen molar-refractivity contribution in [2.45, 2.75) is 19.8 Å². The lowest BCUT2D eigenvalue weighted by molar-refractivity contribution is 0.102. The highest BCUT2D eigenvalue weighted by Crippen LogP contribution is 2.24. The van der Waals surface area contributed by atoms with Crippen LogP contribution in [-0.4, -0.2) is 15.7 Å². The summed E-state index contributed by atoms with van der Waals surface area (Å²) in [5, 5.41) is 6.92. The van der Waals surface area contributed by atoms with E-state index in [4.69, 9.17) is 0 Å². The molecule has 0 radical (unpaired) electrons. The van der Waals surface area contributed by atoms with Crippen LogP contribution >= 0.6 is 0 Å². The second-order valence-electron chi connectivity index (χ2n) is 4.60. The van der Waals surface area contributed by atoms with Crippen LogP contribution in [-0.2, 0) is 7.05 Å². The Morgan fingerprint density at radius 1 is 1.33 bits per heavy atom. The number of hydrogen-bond donors (Lipinski definition) is 1. The SMILES string of the molecule is CC(C)c1ccccc1NC(=O)c1cnn(C)c1. The molecular formula is C14H17N3O. The molecule has 0 saturated heterocycles. The van der Waals surface area contributed by atoms with Crippen LogP contribution in [0.15, 0.2) is 36.7 Å². The zero-order valence-corrected chi connectivity index (χ0v) is 10.8. The van der Waals surface area contributed by atoms with E-state index in [-0.39, 0.29) is 5.91 Å². The first-order valence-corrected chi connectivity index (χ1v) is 5.97. The minimum Gasteiger partial charge on any atom is -0.322 e. The minimum atomic E-state index is -0.129. The second-order valence-corrected chi connectivity index (χ2v) is 4.60. The Morgan fingerprint density at radius 3 is 2.67 bits per heavy atom. The van der Waals surface area contributed by atoms with Gasteiger partial charge in [-0.15, -0.1) is 0 Å². The molecule has 18 heavy (non-hydrogen) atoms. The van der Waals surface area contributed by atoms with Crippen LogP contribution in [0.1, 0.15) is 35.7 Å². The molecule has 94 valence electrons. The maximum absolute atomic E-state index is 12.0. The van der Waals surface area contributed by atoms with Gasteiger partial charge >= 0.3 is 0 Å². The summed E-state index contributed by atoms with van der Waals surface area (Å²) in [6, 6.07) is 7.85. The predicted octanol–water partition coefficient (Wildman–Crippen LogP) is 2.80. The molecule has 0 spiro atoms. The van der Waals surface area contributed by atoms with Crippen molar-refractivity contribution >= 4 is 11.6 Å². The van der Waals surface area contributed by atoms with E-state index in [1.807, 2.05) is 24.3 Å². The Kier molecular flexibility index (Phi) is 3.46. The van der Waals surface area contributed by atoms with Crippen molar-refractivity contribution in [1.29, 1.82) is 0 Å². The van der Waals surface area contributed by atoms with Crippen molar-refractivity contribution in [3.63, 3.8) is 0 Å². The lowest BCUT2D eigenvalue weighted by Gasteiger charge is -2.12. The zero-order valence-electron chi connectivity index (χ0n) is 10.8. The van der Waals surface area contributed by atoms with E-state index in [0.29, 0.717) is 11.5 Å². The summed E-state index contributed by atoms with van der Waals surface area (Å²) >= 11 is 0. The topological polar surface area (TPSA) is 46.9 Å². The van der Waals surface area contributed by atoms with Crippen molar-refractivity contribution in [3.8, 4) is 0 Å². The fraction of sp³-hybridized carbons (Fsp3) is 0.286. The van der Waals surface area contributed by atoms with E-state index in [2.05, 4.69) is 24.3 Å². The van der Waals surface area contributed by atoms with Gasteiger partial charge in [0.15, 0.2) is 0 Å². The summed E-state index contributed by atoms with van der Waals surface area (Å²) < 4.78 is 1.61. The summed E-state index contributed by atoms with van der Waals surface area (Å²) in [7, 11) is 1.79. The number of aromatic nitrogens is 2. The second kappa shape index (κ2) is 5.04. The summed E-state index contributed by atoms with van der Waals surface area (Å²) in [5.74, 6) is 0.242. The van der Waals surface area contributed by atoms with E-state index < -0.39 is 0 Å². The van der Waals surface area contributed by atoms with Gasteiger partial charge in [-0.05, 0) is 17.5 Å². The molecule has 0 saturated carbocycles. The number of para-hydroxylation sites is 1. The quantitative estimate of drug-likeness (QED) is 0.901. The molecule has 1 aromatic heterocycles. The Labute approximate surface area is 107 Å². The molecule has 1 heterocycles. The van der Waals surface area contributed by atoms with Gasteiger partial charge in [0.2, 0.25) is 0 Å². The predicted molar refractivity (Wildman–Crippen MR) is 71.7 cm³/mol. The molecule has 0 unspecified atom stereocenters. The molecule has 1 amide bonds. The number of rotatable bonds is 3. The Hall–Kier alpha value is -2.10. The van der Waals surface area contributed by atoms with Gasteiger partial charge < -0.3 is 5.32 Å². The van der Waals surface area contributed by atoms with E-state index in [0.717, 1.165) is 11.3 Å². The first-order valence-electron chi connectivity index (χ1n) is 5.97. The molecule has 0 aliphatic rings. The highest BCUT2D eigenvalue weighted by Gasteiger charge is 2.11. The van der Waals surface area contributed by atoms with Gasteiger partial charge in [0.25, 0.3) is 5.91 Å². The Bertz CT molecular complexity index is 558. The number of anilines is 1. The van der Waals surface area contributed by atoms with Gasteiger partial charge in [0.1, 0.15) is 0 Å². The van der Waals surface area contributed by atoms with Gasteiger partial charge in [-0.3, -0.25) is 9.48 Å². The normalized spacial score (nSPS) is 10.7. The van der Waals surface area contributed by atoms with Crippen molar-refractivity contribution in [3.05, 3.63) is 47.8 Å². The lowest BCUT2D eigenvalue weighted by atomic mass is 10.0. The molecule has 2 rings (SSSR count). The van der Waals surface area contributed by atoms with Crippen molar-refractivity contribution in [2.75, 3.05) is 5.32 Å². The summed E-state index contributed by atoms with van der Waals surface area (Å²) in [5.41, 5.74) is 2.56. The third kappa shape index (κ3) is 2.59. The molecular weight excluding hydrogens is 226 g/mol. The lowest BCUT2D eigenvalue weighted by Crippen LogP contribution is -2.13. The molecule has 0 aliphatic carbocycles. The third-order valence-corrected chi connectivity index (χ3v) is 2.80. The Balaban J connectivity index is 2.22. The molecule has 1 aromatic carbocycles. The van der Waals surface area contributed by atoms with Crippen LogP contribution in [0.4, 0.5) is 5.69 Å². The number of aryl methyl sites for hydroxylation is 1. The molecule has 0 bridgehead atoms. The number of amides is 1. The first-order chi connectivity index (χ1) is 8.58. The first kappa shape index (κ1) is 12.4. The van der Waals surface area contributed by atoms with Crippen LogP contribution in [0.2, 0.25) is 0 Å². The average molecular weight is 243 g/mol. The highest BCUT2D eigenvalue weighted by molar-refractivity contribution is 6.04. The van der Waals surface area contributed by atoms with Crippen LogP contribution in [0, 0.1) is 0 Å². The van der Waals surface area contributed by atoms with Gasteiger partial charge in [0, 0.05) is 18.9 Å². The maximum Gasteiger partial charge on any atom is 0.258 e. The largest absolute Gasteiger partial charge is 0.322 e. The molecule has 0 fully saturated rings. The summed E-state index contributed by atoms with van der Waals surface area (Å²) in [6.45, 7) is 4.21. The smallest absolute Gasteiger partial charge is 0.258 e. The monoisotopic (exact) mass is 243 g/mol. The molecule has 4 nitrogen and oxygen atoms in total. The van der Waals surface area contributed by atoms with E-state index >= 15 is 0 Å². The maximum atomic E-state index is 12.0. The number of nitrogens with zero attached hydrogens (tertiary/aromatic N) is 2. The fourth-order valence-electron chi connectivity index (χ4n) is 1.85. The van der Waals surface area contributed by atoms with E-state index in [9.17, 15) is 4.79 Å². The van der Waals surface area contributed by atoms with Crippen molar-refractivity contribution in [1.82, 2.24) is 9.78 Å². The van der Waals surface area contributed by atoms with Crippen LogP contribution in [0.3, 0.4) is 0 Å². The highest BCUT2D eigenvalue weighted by atomic mass is 16.1. The van der Waals surface area contributed by atoms with Gasteiger partial charge in [-0.25, -0.2) is 0 Å². The number of hydrogen-bond acceptors (Lipinski definition) is 2. The zero-order chi connectivity index (χ0) is 13.1. The molecule has 0 atom stereocenters. The van der Waals surface area contributed by atoms with Crippen LogP contribution in [0.5, 0.6) is 0 Å². The number of carbonyl (C=O) groups is 1. The van der Waals surface area contributed by atoms with E-state index in [1.165, 1.54) is 0 Å². The standard InChI is InChI=1S/C14H17N3O/c1-10(2)12-6-4-5-7-13(12)16-14(18)11-8-15-17(3)9-11/h4-10H,1-3H3,(H,16,18). The molecule has 1 N–H and O–H groups in total. The van der Waals surface area contributed by atoms with Crippen molar-refractivity contribution < 1.29 is 4.79 Å². The number of nitrogens with one attached hydrogen (secondary N) is 1. The van der Waals surface area contributed by atoms with Crippen LogP contribution in [0.25, 0.3) is 0 Å². The van der Waals surface area contributed by atoms with Crippen LogP contribution < -0.4 is 5.32 Å². The van der Waals surface area contributed by atoms with Crippen molar-refractivity contribution in [2.24, 2.45) is 7.05 Å².